The van der Waals surface area contributed by atoms with Crippen molar-refractivity contribution in [1.29, 1.82) is 0 Å². The second-order valence-corrected chi connectivity index (χ2v) is 6.34. The van der Waals surface area contributed by atoms with Gasteiger partial charge in [-0.15, -0.1) is 0 Å². The van der Waals surface area contributed by atoms with Gasteiger partial charge in [0.2, 0.25) is 0 Å². The van der Waals surface area contributed by atoms with Crippen LogP contribution >= 0.6 is 12.6 Å². The fourth-order valence-electron chi connectivity index (χ4n) is 3.22. The number of likely N-dealkylation sites (tertiary alicyclic amines) is 1. The number of thiol groups is 1. The number of pyridine rings is 1. The monoisotopic (exact) mass is 279 g/mol. The van der Waals surface area contributed by atoms with Crippen LogP contribution in [0.3, 0.4) is 0 Å². The van der Waals surface area contributed by atoms with E-state index in [0.29, 0.717) is 11.4 Å². The average molecular weight is 279 g/mol. The van der Waals surface area contributed by atoms with E-state index in [-0.39, 0.29) is 0 Å². The number of fused-ring (bicyclic) bond motifs is 2. The lowest BCUT2D eigenvalue weighted by molar-refractivity contribution is 0.00891. The Balaban J connectivity index is 1.60. The fraction of sp³-hybridized carbons (Fsp3) is 0.643. The molecule has 104 valence electrons. The highest BCUT2D eigenvalue weighted by atomic mass is 32.1. The lowest BCUT2D eigenvalue weighted by atomic mass is 9.66. The van der Waals surface area contributed by atoms with Crippen molar-refractivity contribution < 1.29 is 4.74 Å². The van der Waals surface area contributed by atoms with Gasteiger partial charge in [-0.2, -0.15) is 12.6 Å². The molecule has 1 aromatic rings. The third-order valence-electron chi connectivity index (χ3n) is 4.37. The van der Waals surface area contributed by atoms with Crippen LogP contribution in [-0.2, 0) is 0 Å². The van der Waals surface area contributed by atoms with Crippen LogP contribution < -0.4 is 10.1 Å². The quantitative estimate of drug-likeness (QED) is 0.828. The van der Waals surface area contributed by atoms with Gasteiger partial charge in [-0.1, -0.05) is 0 Å². The number of hydrogen-bond acceptors (Lipinski definition) is 5. The Labute approximate surface area is 120 Å². The SMILES string of the molecule is COc1ccc(NC2C3CC2CN(C(C)S)C3)nc1. The molecule has 0 radical (unpaired) electrons. The normalized spacial score (nSPS) is 31.4. The topological polar surface area (TPSA) is 37.4 Å². The van der Waals surface area contributed by atoms with Crippen molar-refractivity contribution in [3.05, 3.63) is 18.3 Å². The van der Waals surface area contributed by atoms with E-state index in [1.165, 1.54) is 6.42 Å². The van der Waals surface area contributed by atoms with Crippen LogP contribution in [0.25, 0.3) is 0 Å². The number of methoxy groups -OCH3 is 1. The first-order valence-electron chi connectivity index (χ1n) is 6.86. The molecule has 0 spiro atoms. The predicted octanol–water partition coefficient (Wildman–Crippen LogP) is 2.10. The van der Waals surface area contributed by atoms with Crippen LogP contribution in [-0.4, -0.2) is 41.5 Å². The molecular formula is C14H21N3OS. The Bertz CT molecular complexity index is 425. The Kier molecular flexibility index (Phi) is 3.58. The number of hydrogen-bond donors (Lipinski definition) is 2. The first-order valence-corrected chi connectivity index (χ1v) is 7.37. The molecule has 1 saturated heterocycles. The second kappa shape index (κ2) is 5.21. The summed E-state index contributed by atoms with van der Waals surface area (Å²) in [4.78, 5) is 6.85. The summed E-state index contributed by atoms with van der Waals surface area (Å²) in [5, 5.41) is 3.94. The minimum Gasteiger partial charge on any atom is -0.495 e. The van der Waals surface area contributed by atoms with E-state index < -0.39 is 0 Å². The predicted molar refractivity (Wildman–Crippen MR) is 79.8 cm³/mol. The van der Waals surface area contributed by atoms with Crippen LogP contribution in [0.4, 0.5) is 5.82 Å². The molecule has 2 aliphatic rings. The summed E-state index contributed by atoms with van der Waals surface area (Å²) in [7, 11) is 1.66. The van der Waals surface area contributed by atoms with Crippen LogP contribution in [0.15, 0.2) is 18.3 Å². The largest absolute Gasteiger partial charge is 0.495 e. The van der Waals surface area contributed by atoms with Crippen molar-refractivity contribution in [2.75, 3.05) is 25.5 Å². The van der Waals surface area contributed by atoms with Gasteiger partial charge < -0.3 is 10.1 Å². The molecule has 3 unspecified atom stereocenters. The number of rotatable bonds is 4. The highest BCUT2D eigenvalue weighted by molar-refractivity contribution is 7.80. The van der Waals surface area contributed by atoms with Gasteiger partial charge in [0.15, 0.2) is 0 Å². The molecule has 2 fully saturated rings. The van der Waals surface area contributed by atoms with Crippen LogP contribution in [0.1, 0.15) is 13.3 Å². The summed E-state index contributed by atoms with van der Waals surface area (Å²) >= 11 is 4.53. The molecule has 1 saturated carbocycles. The summed E-state index contributed by atoms with van der Waals surface area (Å²) < 4.78 is 5.12. The van der Waals surface area contributed by atoms with Crippen LogP contribution in [0.2, 0.25) is 0 Å². The second-order valence-electron chi connectivity index (χ2n) is 5.60. The van der Waals surface area contributed by atoms with Gasteiger partial charge in [0.05, 0.1) is 13.3 Å². The molecule has 5 heteroatoms. The van der Waals surface area contributed by atoms with Gasteiger partial charge in [-0.3, -0.25) is 4.90 Å². The molecule has 1 N–H and O–H groups in total. The maximum atomic E-state index is 5.12. The van der Waals surface area contributed by atoms with E-state index in [4.69, 9.17) is 4.74 Å². The lowest BCUT2D eigenvalue weighted by Gasteiger charge is -2.54. The molecule has 0 amide bonds. The first-order chi connectivity index (χ1) is 9.17. The van der Waals surface area contributed by atoms with E-state index in [1.807, 2.05) is 12.1 Å². The summed E-state index contributed by atoms with van der Waals surface area (Å²) in [5.74, 6) is 3.22. The van der Waals surface area contributed by atoms with Crippen LogP contribution in [0, 0.1) is 11.8 Å². The van der Waals surface area contributed by atoms with E-state index in [9.17, 15) is 0 Å². The maximum Gasteiger partial charge on any atom is 0.137 e. The molecular weight excluding hydrogens is 258 g/mol. The van der Waals surface area contributed by atoms with Crippen LogP contribution in [0.5, 0.6) is 5.75 Å². The lowest BCUT2D eigenvalue weighted by Crippen LogP contribution is -2.62. The molecule has 2 bridgehead atoms. The minimum absolute atomic E-state index is 0.366. The number of piperidine rings is 2. The molecule has 3 rings (SSSR count). The van der Waals surface area contributed by atoms with Crippen molar-refractivity contribution in [1.82, 2.24) is 9.88 Å². The van der Waals surface area contributed by atoms with Crippen molar-refractivity contribution in [3.63, 3.8) is 0 Å². The van der Waals surface area contributed by atoms with Gasteiger partial charge in [0.1, 0.15) is 11.6 Å². The number of nitrogens with zero attached hydrogens (tertiary/aromatic N) is 2. The third-order valence-corrected chi connectivity index (χ3v) is 4.70. The van der Waals surface area contributed by atoms with Crippen molar-refractivity contribution in [2.24, 2.45) is 11.8 Å². The Morgan fingerprint density at radius 3 is 2.68 bits per heavy atom. The van der Waals surface area contributed by atoms with Crippen molar-refractivity contribution in [2.45, 2.75) is 24.8 Å². The number of ether oxygens (including phenoxy) is 1. The van der Waals surface area contributed by atoms with Gasteiger partial charge >= 0.3 is 0 Å². The standard InChI is InChI=1S/C14H21N3OS/c1-9(19)17-7-10-5-11(8-17)14(10)16-13-4-3-12(18-2)6-15-13/h3-4,6,9-11,14,19H,5,7-8H2,1-2H3,(H,15,16). The first kappa shape index (κ1) is 13.1. The Morgan fingerprint density at radius 1 is 1.42 bits per heavy atom. The highest BCUT2D eigenvalue weighted by Gasteiger charge is 2.47. The smallest absolute Gasteiger partial charge is 0.137 e. The fourth-order valence-corrected chi connectivity index (χ4v) is 3.41. The zero-order valence-electron chi connectivity index (χ0n) is 11.4. The van der Waals surface area contributed by atoms with Crippen molar-refractivity contribution in [3.8, 4) is 5.75 Å². The average Bonchev–Trinajstić information content (AvgIpc) is 2.45. The Morgan fingerprint density at radius 2 is 2.16 bits per heavy atom. The summed E-state index contributed by atoms with van der Waals surface area (Å²) in [6.45, 7) is 4.45. The molecule has 3 atom stereocenters. The van der Waals surface area contributed by atoms with E-state index in [0.717, 1.165) is 36.5 Å². The maximum absolute atomic E-state index is 5.12. The van der Waals surface area contributed by atoms with Gasteiger partial charge in [0, 0.05) is 24.5 Å². The van der Waals surface area contributed by atoms with Gasteiger partial charge in [-0.05, 0) is 37.3 Å². The van der Waals surface area contributed by atoms with E-state index in [1.54, 1.807) is 13.3 Å². The third kappa shape index (κ3) is 2.54. The molecule has 1 aromatic heterocycles. The molecule has 1 aliphatic heterocycles. The molecule has 0 aromatic carbocycles. The van der Waals surface area contributed by atoms with Gasteiger partial charge in [0.25, 0.3) is 0 Å². The number of anilines is 1. The highest BCUT2D eigenvalue weighted by Crippen LogP contribution is 2.42. The minimum atomic E-state index is 0.366. The zero-order chi connectivity index (χ0) is 13.4. The Hall–Kier alpha value is -0.940. The molecule has 1 aliphatic carbocycles. The van der Waals surface area contributed by atoms with Crippen molar-refractivity contribution >= 4 is 18.4 Å². The van der Waals surface area contributed by atoms with E-state index >= 15 is 0 Å². The van der Waals surface area contributed by atoms with E-state index in [2.05, 4.69) is 34.8 Å². The summed E-state index contributed by atoms with van der Waals surface area (Å²) in [5.41, 5.74) is 0. The summed E-state index contributed by atoms with van der Waals surface area (Å²) in [6.07, 6.45) is 3.10. The number of aromatic nitrogens is 1. The zero-order valence-corrected chi connectivity index (χ0v) is 12.3. The molecule has 2 heterocycles. The molecule has 4 nitrogen and oxygen atoms in total. The van der Waals surface area contributed by atoms with Gasteiger partial charge in [-0.25, -0.2) is 4.98 Å². The summed E-state index contributed by atoms with van der Waals surface area (Å²) in [6, 6.07) is 4.52. The number of nitrogens with one attached hydrogen (secondary N) is 1. The molecule has 19 heavy (non-hydrogen) atoms.